The van der Waals surface area contributed by atoms with Crippen molar-refractivity contribution in [3.8, 4) is 0 Å². The van der Waals surface area contributed by atoms with Gasteiger partial charge >= 0.3 is 29.7 Å². The SMILES string of the molecule is C=C(CC(F)(F)C(F)(F)C(C)(F)F)C(=O)O.C=CC(=O)O. The molecule has 0 aliphatic heterocycles. The van der Waals surface area contributed by atoms with E-state index in [4.69, 9.17) is 10.2 Å². The van der Waals surface area contributed by atoms with E-state index >= 15 is 0 Å². The van der Waals surface area contributed by atoms with Gasteiger partial charge in [-0.1, -0.05) is 13.2 Å². The van der Waals surface area contributed by atoms with E-state index < -0.39 is 41.7 Å². The van der Waals surface area contributed by atoms with Crippen molar-refractivity contribution in [2.45, 2.75) is 31.1 Å². The molecular formula is C11H12F6O4. The maximum absolute atomic E-state index is 12.8. The van der Waals surface area contributed by atoms with Crippen LogP contribution in [0.4, 0.5) is 26.3 Å². The van der Waals surface area contributed by atoms with E-state index in [0.29, 0.717) is 0 Å². The molecule has 0 radical (unpaired) electrons. The fourth-order valence-corrected chi connectivity index (χ4v) is 0.776. The monoisotopic (exact) mass is 322 g/mol. The summed E-state index contributed by atoms with van der Waals surface area (Å²) in [6.07, 6.45) is -1.21. The Hall–Kier alpha value is -2.00. The molecule has 10 heteroatoms. The van der Waals surface area contributed by atoms with Gasteiger partial charge in [-0.15, -0.1) is 0 Å². The molecule has 0 atom stereocenters. The summed E-state index contributed by atoms with van der Waals surface area (Å²) in [5.41, 5.74) is -1.27. The number of hydrogen-bond donors (Lipinski definition) is 2. The van der Waals surface area contributed by atoms with Gasteiger partial charge in [-0.25, -0.2) is 9.59 Å². The third-order valence-corrected chi connectivity index (χ3v) is 1.92. The topological polar surface area (TPSA) is 74.6 Å². The first-order chi connectivity index (χ1) is 9.10. The van der Waals surface area contributed by atoms with Gasteiger partial charge in [-0.05, 0) is 0 Å². The Kier molecular flexibility index (Phi) is 7.24. The molecule has 0 fully saturated rings. The van der Waals surface area contributed by atoms with Gasteiger partial charge in [0, 0.05) is 25.0 Å². The van der Waals surface area contributed by atoms with Gasteiger partial charge in [0.05, 0.1) is 0 Å². The molecule has 21 heavy (non-hydrogen) atoms. The standard InChI is InChI=1S/C8H8F6O2.C3H4O2/c1-4(5(15)16)3-7(11,12)8(13,14)6(2,9)10;1-2-3(4)5/h1,3H2,2H3,(H,15,16);2H,1H2,(H,4,5). The molecule has 0 saturated heterocycles. The highest BCUT2D eigenvalue weighted by molar-refractivity contribution is 5.85. The van der Waals surface area contributed by atoms with Crippen LogP contribution in [0.2, 0.25) is 0 Å². The molecule has 0 amide bonds. The highest BCUT2D eigenvalue weighted by Gasteiger charge is 2.69. The average molecular weight is 322 g/mol. The summed E-state index contributed by atoms with van der Waals surface area (Å²) in [7, 11) is 0. The molecular weight excluding hydrogens is 310 g/mol. The molecule has 0 bridgehead atoms. The first-order valence-corrected chi connectivity index (χ1v) is 5.00. The quantitative estimate of drug-likeness (QED) is 0.582. The van der Waals surface area contributed by atoms with Gasteiger partial charge in [-0.3, -0.25) is 0 Å². The highest BCUT2D eigenvalue weighted by atomic mass is 19.3. The summed E-state index contributed by atoms with van der Waals surface area (Å²) in [6.45, 7) is 5.17. The Morgan fingerprint density at radius 1 is 1.10 bits per heavy atom. The van der Waals surface area contributed by atoms with Crippen LogP contribution in [0, 0.1) is 0 Å². The van der Waals surface area contributed by atoms with Crippen molar-refractivity contribution in [2.75, 3.05) is 0 Å². The summed E-state index contributed by atoms with van der Waals surface area (Å²) >= 11 is 0. The Labute approximate surface area is 115 Å². The molecule has 0 saturated carbocycles. The van der Waals surface area contributed by atoms with Gasteiger partial charge in [0.1, 0.15) is 0 Å². The van der Waals surface area contributed by atoms with E-state index in [-0.39, 0.29) is 6.92 Å². The molecule has 2 N–H and O–H groups in total. The van der Waals surface area contributed by atoms with Gasteiger partial charge in [0.15, 0.2) is 0 Å². The molecule has 0 spiro atoms. The number of hydrogen-bond acceptors (Lipinski definition) is 2. The Morgan fingerprint density at radius 2 is 1.43 bits per heavy atom. The lowest BCUT2D eigenvalue weighted by molar-refractivity contribution is -0.301. The van der Waals surface area contributed by atoms with Crippen LogP contribution in [0.25, 0.3) is 0 Å². The second-order valence-corrected chi connectivity index (χ2v) is 3.80. The smallest absolute Gasteiger partial charge is 0.371 e. The molecule has 0 aromatic carbocycles. The summed E-state index contributed by atoms with van der Waals surface area (Å²) in [4.78, 5) is 19.3. The van der Waals surface area contributed by atoms with Gasteiger partial charge in [-0.2, -0.15) is 26.3 Å². The van der Waals surface area contributed by atoms with Crippen molar-refractivity contribution in [2.24, 2.45) is 0 Å². The number of halogens is 6. The number of alkyl halides is 6. The van der Waals surface area contributed by atoms with Crippen molar-refractivity contribution >= 4 is 11.9 Å². The van der Waals surface area contributed by atoms with E-state index in [2.05, 4.69) is 13.2 Å². The number of carbonyl (C=O) groups is 2. The van der Waals surface area contributed by atoms with Crippen LogP contribution in [-0.2, 0) is 9.59 Å². The van der Waals surface area contributed by atoms with Gasteiger partial charge in [0.25, 0.3) is 0 Å². The first-order valence-electron chi connectivity index (χ1n) is 5.00. The zero-order valence-electron chi connectivity index (χ0n) is 10.7. The van der Waals surface area contributed by atoms with Crippen LogP contribution < -0.4 is 0 Å². The maximum Gasteiger partial charge on any atom is 0.371 e. The van der Waals surface area contributed by atoms with Crippen LogP contribution >= 0.6 is 0 Å². The lowest BCUT2D eigenvalue weighted by Gasteiger charge is -2.30. The number of aliphatic carboxylic acids is 2. The summed E-state index contributed by atoms with van der Waals surface area (Å²) in [6, 6.07) is 0. The maximum atomic E-state index is 12.8. The van der Waals surface area contributed by atoms with Crippen molar-refractivity contribution < 1.29 is 46.1 Å². The fraction of sp³-hybridized carbons (Fsp3) is 0.455. The first kappa shape index (κ1) is 21.3. The van der Waals surface area contributed by atoms with Crippen molar-refractivity contribution in [1.82, 2.24) is 0 Å². The third kappa shape index (κ3) is 6.32. The fourth-order valence-electron chi connectivity index (χ4n) is 0.776. The van der Waals surface area contributed by atoms with Crippen LogP contribution in [0.3, 0.4) is 0 Å². The second-order valence-electron chi connectivity index (χ2n) is 3.80. The van der Waals surface area contributed by atoms with Crippen LogP contribution in [0.1, 0.15) is 13.3 Å². The Bertz CT molecular complexity index is 425. The molecule has 0 unspecified atom stereocenters. The van der Waals surface area contributed by atoms with Gasteiger partial charge in [0.2, 0.25) is 0 Å². The molecule has 0 aromatic heterocycles. The van der Waals surface area contributed by atoms with E-state index in [1.165, 1.54) is 0 Å². The van der Waals surface area contributed by atoms with Crippen LogP contribution in [0.15, 0.2) is 24.8 Å². The second kappa shape index (κ2) is 7.14. The number of rotatable bonds is 6. The van der Waals surface area contributed by atoms with Crippen LogP contribution in [-0.4, -0.2) is 39.9 Å². The predicted molar refractivity (Wildman–Crippen MR) is 59.7 cm³/mol. The number of carboxylic acids is 2. The minimum Gasteiger partial charge on any atom is -0.478 e. The van der Waals surface area contributed by atoms with Crippen molar-refractivity contribution in [3.05, 3.63) is 24.8 Å². The van der Waals surface area contributed by atoms with Gasteiger partial charge < -0.3 is 10.2 Å². The molecule has 0 aromatic rings. The third-order valence-electron chi connectivity index (χ3n) is 1.92. The lowest BCUT2D eigenvalue weighted by atomic mass is 9.99. The number of carboxylic acid groups (broad SMARTS) is 2. The zero-order valence-corrected chi connectivity index (χ0v) is 10.7. The predicted octanol–water partition coefficient (Wildman–Crippen LogP) is 3.20. The Balaban J connectivity index is 0. The zero-order chi connectivity index (χ0) is 17.6. The van der Waals surface area contributed by atoms with E-state index in [1.807, 2.05) is 0 Å². The summed E-state index contributed by atoms with van der Waals surface area (Å²) in [5, 5.41) is 15.8. The van der Waals surface area contributed by atoms with Crippen molar-refractivity contribution in [1.29, 1.82) is 0 Å². The van der Waals surface area contributed by atoms with E-state index in [9.17, 15) is 35.9 Å². The molecule has 0 heterocycles. The molecule has 0 aliphatic rings. The lowest BCUT2D eigenvalue weighted by Crippen LogP contribution is -2.52. The van der Waals surface area contributed by atoms with Crippen molar-refractivity contribution in [3.63, 3.8) is 0 Å². The molecule has 122 valence electrons. The normalized spacial score (nSPS) is 12.0. The largest absolute Gasteiger partial charge is 0.478 e. The highest BCUT2D eigenvalue weighted by Crippen LogP contribution is 2.47. The summed E-state index contributed by atoms with van der Waals surface area (Å²) < 4.78 is 75.2. The van der Waals surface area contributed by atoms with E-state index in [1.54, 1.807) is 0 Å². The summed E-state index contributed by atoms with van der Waals surface area (Å²) in [5.74, 6) is -18.7. The Morgan fingerprint density at radius 3 is 1.62 bits per heavy atom. The minimum absolute atomic E-state index is 0.371. The minimum atomic E-state index is -5.64. The van der Waals surface area contributed by atoms with E-state index in [0.717, 1.165) is 6.08 Å². The molecule has 0 aliphatic carbocycles. The van der Waals surface area contributed by atoms with Crippen LogP contribution in [0.5, 0.6) is 0 Å². The average Bonchev–Trinajstić information content (AvgIpc) is 2.27. The molecule has 4 nitrogen and oxygen atoms in total. The molecule has 0 rings (SSSR count).